The quantitative estimate of drug-likeness (QED) is 0.419. The highest BCUT2D eigenvalue weighted by Crippen LogP contribution is 2.38. The van der Waals surface area contributed by atoms with E-state index in [0.29, 0.717) is 43.4 Å². The van der Waals surface area contributed by atoms with E-state index in [1.165, 1.54) is 11.3 Å². The molecule has 0 aliphatic rings. The number of halogens is 1. The number of allylic oxidation sites excluding steroid dienone is 1. The third-order valence-corrected chi connectivity index (χ3v) is 5.58. The van der Waals surface area contributed by atoms with Gasteiger partial charge in [-0.1, -0.05) is 35.1 Å². The Hall–Kier alpha value is -3.54. The third kappa shape index (κ3) is 5.38. The molecule has 1 aromatic heterocycles. The van der Waals surface area contributed by atoms with Crippen molar-refractivity contribution in [3.05, 3.63) is 58.1 Å². The summed E-state index contributed by atoms with van der Waals surface area (Å²) >= 11 is 7.17. The van der Waals surface area contributed by atoms with E-state index in [4.69, 9.17) is 25.8 Å². The van der Waals surface area contributed by atoms with Gasteiger partial charge in [0.15, 0.2) is 0 Å². The van der Waals surface area contributed by atoms with Gasteiger partial charge in [-0.25, -0.2) is 9.78 Å². The van der Waals surface area contributed by atoms with Gasteiger partial charge in [0.1, 0.15) is 33.3 Å². The van der Waals surface area contributed by atoms with Gasteiger partial charge in [-0.15, -0.1) is 0 Å². The molecule has 0 unspecified atom stereocenters. The second kappa shape index (κ2) is 10.7. The number of ether oxygens (including phenoxy) is 3. The maximum atomic E-state index is 12.1. The third-order valence-electron chi connectivity index (χ3n) is 4.32. The molecule has 0 radical (unpaired) electrons. The number of carbonyl (C=O) groups is 1. The number of benzene rings is 2. The maximum absolute atomic E-state index is 12.1. The molecular formula is C23H20ClN3O4S. The Kier molecular flexibility index (Phi) is 7.71. The molecule has 0 spiro atoms. The maximum Gasteiger partial charge on any atom is 0.412 e. The van der Waals surface area contributed by atoms with E-state index in [0.717, 1.165) is 5.56 Å². The Morgan fingerprint density at radius 2 is 1.97 bits per heavy atom. The minimum atomic E-state index is -0.602. The standard InChI is InChI=1S/C23H20ClN3O4S/c1-4-31-23(28)27-22-20(14-5-7-17(24)8-6-14)26-21(32-22)16(13-25)11-15-12-18(29-2)9-10-19(15)30-3/h5-12H,4H2,1-3H3,(H,27,28)/b16-11+. The van der Waals surface area contributed by atoms with E-state index in [2.05, 4.69) is 16.4 Å². The van der Waals surface area contributed by atoms with E-state index in [-0.39, 0.29) is 6.61 Å². The van der Waals surface area contributed by atoms with E-state index in [1.54, 1.807) is 69.7 Å². The van der Waals surface area contributed by atoms with E-state index < -0.39 is 6.09 Å². The monoisotopic (exact) mass is 469 g/mol. The van der Waals surface area contributed by atoms with Crippen molar-refractivity contribution in [2.45, 2.75) is 6.92 Å². The van der Waals surface area contributed by atoms with Gasteiger partial charge < -0.3 is 14.2 Å². The Morgan fingerprint density at radius 3 is 2.59 bits per heavy atom. The molecule has 0 fully saturated rings. The van der Waals surface area contributed by atoms with E-state index >= 15 is 0 Å². The molecule has 1 heterocycles. The largest absolute Gasteiger partial charge is 0.497 e. The molecule has 1 N–H and O–H groups in total. The van der Waals surface area contributed by atoms with Crippen LogP contribution < -0.4 is 14.8 Å². The van der Waals surface area contributed by atoms with Crippen LogP contribution in [-0.4, -0.2) is 31.9 Å². The number of nitriles is 1. The van der Waals surface area contributed by atoms with Gasteiger partial charge in [0.2, 0.25) is 0 Å². The zero-order chi connectivity index (χ0) is 23.1. The number of hydrogen-bond acceptors (Lipinski definition) is 7. The fraction of sp³-hybridized carbons (Fsp3) is 0.174. The van der Waals surface area contributed by atoms with Crippen LogP contribution in [0.3, 0.4) is 0 Å². The fourth-order valence-corrected chi connectivity index (χ4v) is 3.90. The minimum absolute atomic E-state index is 0.229. The molecule has 0 atom stereocenters. The summed E-state index contributed by atoms with van der Waals surface area (Å²) in [5, 5.41) is 14.0. The number of amides is 1. The van der Waals surface area contributed by atoms with Crippen molar-refractivity contribution in [2.24, 2.45) is 0 Å². The van der Waals surface area contributed by atoms with Crippen LogP contribution >= 0.6 is 22.9 Å². The zero-order valence-corrected chi connectivity index (χ0v) is 19.2. The number of carbonyl (C=O) groups excluding carboxylic acids is 1. The van der Waals surface area contributed by atoms with Gasteiger partial charge in [0, 0.05) is 16.1 Å². The van der Waals surface area contributed by atoms with Crippen molar-refractivity contribution < 1.29 is 19.0 Å². The van der Waals surface area contributed by atoms with Gasteiger partial charge >= 0.3 is 6.09 Å². The predicted molar refractivity (Wildman–Crippen MR) is 126 cm³/mol. The molecule has 32 heavy (non-hydrogen) atoms. The number of thiazole rings is 1. The number of nitrogens with zero attached hydrogens (tertiary/aromatic N) is 2. The first kappa shape index (κ1) is 23.1. The molecule has 0 bridgehead atoms. The second-order valence-corrected chi connectivity index (χ2v) is 7.76. The van der Waals surface area contributed by atoms with Crippen LogP contribution in [0.1, 0.15) is 17.5 Å². The summed E-state index contributed by atoms with van der Waals surface area (Å²) in [4.78, 5) is 16.7. The summed E-state index contributed by atoms with van der Waals surface area (Å²) in [7, 11) is 3.11. The number of rotatable bonds is 7. The van der Waals surface area contributed by atoms with Crippen LogP contribution in [0, 0.1) is 11.3 Å². The molecule has 7 nitrogen and oxygen atoms in total. The Balaban J connectivity index is 2.09. The molecular weight excluding hydrogens is 450 g/mol. The lowest BCUT2D eigenvalue weighted by Gasteiger charge is -2.07. The van der Waals surface area contributed by atoms with Gasteiger partial charge in [-0.05, 0) is 43.3 Å². The fourth-order valence-electron chi connectivity index (χ4n) is 2.83. The SMILES string of the molecule is CCOC(=O)Nc1sc(/C(C#N)=C/c2cc(OC)ccc2OC)nc1-c1ccc(Cl)cc1. The smallest absolute Gasteiger partial charge is 0.412 e. The molecule has 0 saturated heterocycles. The van der Waals surface area contributed by atoms with Crippen molar-refractivity contribution in [3.63, 3.8) is 0 Å². The van der Waals surface area contributed by atoms with E-state index in [1.807, 2.05) is 0 Å². The highest BCUT2D eigenvalue weighted by Gasteiger charge is 2.19. The van der Waals surface area contributed by atoms with Crippen molar-refractivity contribution >= 4 is 45.7 Å². The van der Waals surface area contributed by atoms with Gasteiger partial charge in [0.05, 0.1) is 26.4 Å². The average Bonchev–Trinajstić information content (AvgIpc) is 3.21. The first-order chi connectivity index (χ1) is 15.5. The first-order valence-corrected chi connectivity index (χ1v) is 10.7. The molecule has 1 amide bonds. The lowest BCUT2D eigenvalue weighted by atomic mass is 10.1. The topological polar surface area (TPSA) is 93.5 Å². The first-order valence-electron chi connectivity index (χ1n) is 9.53. The summed E-state index contributed by atoms with van der Waals surface area (Å²) in [6, 6.07) is 14.5. The Morgan fingerprint density at radius 1 is 1.22 bits per heavy atom. The van der Waals surface area contributed by atoms with Crippen molar-refractivity contribution in [3.8, 4) is 28.8 Å². The highest BCUT2D eigenvalue weighted by atomic mass is 35.5. The average molecular weight is 470 g/mol. The summed E-state index contributed by atoms with van der Waals surface area (Å²) < 4.78 is 15.7. The zero-order valence-electron chi connectivity index (χ0n) is 17.6. The minimum Gasteiger partial charge on any atom is -0.497 e. The van der Waals surface area contributed by atoms with Crippen LogP contribution in [0.25, 0.3) is 22.9 Å². The highest BCUT2D eigenvalue weighted by molar-refractivity contribution is 7.17. The number of hydrogen-bond donors (Lipinski definition) is 1. The van der Waals surface area contributed by atoms with E-state index in [9.17, 15) is 10.1 Å². The van der Waals surface area contributed by atoms with Crippen molar-refractivity contribution in [1.29, 1.82) is 5.26 Å². The summed E-state index contributed by atoms with van der Waals surface area (Å²) in [5.41, 5.74) is 2.20. The van der Waals surface area contributed by atoms with Crippen molar-refractivity contribution in [1.82, 2.24) is 4.98 Å². The van der Waals surface area contributed by atoms with Crippen LogP contribution in [0.4, 0.5) is 9.80 Å². The molecule has 0 aliphatic heterocycles. The number of methoxy groups -OCH3 is 2. The van der Waals surface area contributed by atoms with Gasteiger partial charge in [-0.2, -0.15) is 5.26 Å². The number of aromatic nitrogens is 1. The summed E-state index contributed by atoms with van der Waals surface area (Å²) in [6.07, 6.45) is 1.06. The van der Waals surface area contributed by atoms with Crippen molar-refractivity contribution in [2.75, 3.05) is 26.1 Å². The molecule has 9 heteroatoms. The lowest BCUT2D eigenvalue weighted by molar-refractivity contribution is 0.168. The molecule has 0 aliphatic carbocycles. The van der Waals surface area contributed by atoms with Crippen LogP contribution in [0.15, 0.2) is 42.5 Å². The molecule has 164 valence electrons. The molecule has 0 saturated carbocycles. The lowest BCUT2D eigenvalue weighted by Crippen LogP contribution is -2.12. The number of nitrogens with one attached hydrogen (secondary N) is 1. The number of anilines is 1. The Labute approximate surface area is 194 Å². The second-order valence-electron chi connectivity index (χ2n) is 6.33. The molecule has 2 aromatic carbocycles. The predicted octanol–water partition coefficient (Wildman–Crippen LogP) is 6.11. The molecule has 3 aromatic rings. The van der Waals surface area contributed by atoms with Crippen LogP contribution in [0.2, 0.25) is 5.02 Å². The van der Waals surface area contributed by atoms with Gasteiger partial charge in [-0.3, -0.25) is 5.32 Å². The summed E-state index contributed by atoms with van der Waals surface area (Å²) in [6.45, 7) is 1.95. The Bertz CT molecular complexity index is 1180. The van der Waals surface area contributed by atoms with Crippen LogP contribution in [-0.2, 0) is 4.74 Å². The molecule has 3 rings (SSSR count). The van der Waals surface area contributed by atoms with Crippen LogP contribution in [0.5, 0.6) is 11.5 Å². The summed E-state index contributed by atoms with van der Waals surface area (Å²) in [5.74, 6) is 1.21. The normalized spacial score (nSPS) is 10.9. The van der Waals surface area contributed by atoms with Gasteiger partial charge in [0.25, 0.3) is 0 Å².